The van der Waals surface area contributed by atoms with Crippen molar-refractivity contribution in [3.63, 3.8) is 0 Å². The van der Waals surface area contributed by atoms with Crippen LogP contribution in [0, 0.1) is 13.8 Å². The summed E-state index contributed by atoms with van der Waals surface area (Å²) in [4.78, 5) is 12.2. The maximum Gasteiger partial charge on any atom is 0.251 e. The van der Waals surface area contributed by atoms with E-state index in [1.165, 1.54) is 0 Å². The molecule has 0 bridgehead atoms. The monoisotopic (exact) mass is 311 g/mol. The largest absolute Gasteiger partial charge is 0.493 e. The summed E-state index contributed by atoms with van der Waals surface area (Å²) in [6, 6.07) is 11.3. The third-order valence-electron chi connectivity index (χ3n) is 4.32. The summed E-state index contributed by atoms with van der Waals surface area (Å²) >= 11 is 0. The molecule has 0 radical (unpaired) electrons. The van der Waals surface area contributed by atoms with Crippen LogP contribution in [0.4, 0.5) is 0 Å². The highest BCUT2D eigenvalue weighted by atomic mass is 16.5. The van der Waals surface area contributed by atoms with Crippen molar-refractivity contribution in [3.8, 4) is 5.75 Å². The molecule has 4 nitrogen and oxygen atoms in total. The predicted molar refractivity (Wildman–Crippen MR) is 88.9 cm³/mol. The van der Waals surface area contributed by atoms with Crippen LogP contribution >= 0.6 is 0 Å². The Morgan fingerprint density at radius 2 is 2.04 bits per heavy atom. The number of carbonyl (C=O) groups is 1. The number of hydrogen-bond donors (Lipinski definition) is 2. The first kappa shape index (κ1) is 15.6. The lowest BCUT2D eigenvalue weighted by Crippen LogP contribution is -2.28. The Balaban J connectivity index is 1.63. The second-order valence-electron chi connectivity index (χ2n) is 5.99. The van der Waals surface area contributed by atoms with Gasteiger partial charge in [-0.1, -0.05) is 12.1 Å². The molecule has 0 saturated heterocycles. The summed E-state index contributed by atoms with van der Waals surface area (Å²) in [6.45, 7) is 4.87. The maximum absolute atomic E-state index is 12.2. The molecule has 0 aliphatic carbocycles. The molecule has 1 aliphatic heterocycles. The van der Waals surface area contributed by atoms with Gasteiger partial charge in [0.05, 0.1) is 12.7 Å². The Kier molecular flexibility index (Phi) is 4.35. The normalized spacial score (nSPS) is 14.0. The Labute approximate surface area is 136 Å². The lowest BCUT2D eigenvalue weighted by molar-refractivity contribution is 0.0916. The number of aryl methyl sites for hydroxylation is 2. The van der Waals surface area contributed by atoms with Gasteiger partial charge < -0.3 is 15.2 Å². The van der Waals surface area contributed by atoms with Crippen molar-refractivity contribution < 1.29 is 14.6 Å². The van der Waals surface area contributed by atoms with Gasteiger partial charge >= 0.3 is 0 Å². The summed E-state index contributed by atoms with van der Waals surface area (Å²) in [5.41, 5.74) is 4.76. The van der Waals surface area contributed by atoms with E-state index in [9.17, 15) is 9.90 Å². The third kappa shape index (κ3) is 3.37. The molecule has 0 aromatic heterocycles. The molecule has 3 rings (SSSR count). The number of fused-ring (bicyclic) bond motifs is 1. The predicted octanol–water partition coefficient (Wildman–Crippen LogP) is 2.70. The Hall–Kier alpha value is -2.33. The summed E-state index contributed by atoms with van der Waals surface area (Å²) in [7, 11) is 0. The van der Waals surface area contributed by atoms with Crippen molar-refractivity contribution in [1.82, 2.24) is 5.32 Å². The molecular weight excluding hydrogens is 290 g/mol. The topological polar surface area (TPSA) is 58.6 Å². The van der Waals surface area contributed by atoms with E-state index < -0.39 is 6.10 Å². The highest BCUT2D eigenvalue weighted by Gasteiger charge is 2.16. The van der Waals surface area contributed by atoms with Crippen LogP contribution in [0.15, 0.2) is 36.4 Å². The van der Waals surface area contributed by atoms with Crippen LogP contribution < -0.4 is 10.1 Å². The van der Waals surface area contributed by atoms with Crippen molar-refractivity contribution >= 4 is 5.91 Å². The van der Waals surface area contributed by atoms with E-state index in [1.54, 1.807) is 6.07 Å². The van der Waals surface area contributed by atoms with Gasteiger partial charge in [0.2, 0.25) is 0 Å². The summed E-state index contributed by atoms with van der Waals surface area (Å²) < 4.78 is 5.46. The van der Waals surface area contributed by atoms with Gasteiger partial charge in [0, 0.05) is 18.5 Å². The Bertz CT molecular complexity index is 739. The maximum atomic E-state index is 12.2. The fourth-order valence-electron chi connectivity index (χ4n) is 2.71. The van der Waals surface area contributed by atoms with E-state index in [1.807, 2.05) is 44.2 Å². The van der Waals surface area contributed by atoms with Gasteiger partial charge in [-0.05, 0) is 60.4 Å². The quantitative estimate of drug-likeness (QED) is 0.913. The van der Waals surface area contributed by atoms with Crippen molar-refractivity contribution in [1.29, 1.82) is 0 Å². The van der Waals surface area contributed by atoms with Crippen molar-refractivity contribution in [2.45, 2.75) is 26.4 Å². The van der Waals surface area contributed by atoms with Gasteiger partial charge in [-0.25, -0.2) is 0 Å². The molecule has 120 valence electrons. The van der Waals surface area contributed by atoms with Gasteiger partial charge in [0.1, 0.15) is 5.75 Å². The number of amides is 1. The molecular formula is C19H21NO3. The molecule has 0 spiro atoms. The fourth-order valence-corrected chi connectivity index (χ4v) is 2.71. The number of aliphatic hydroxyl groups excluding tert-OH is 1. The minimum Gasteiger partial charge on any atom is -0.493 e. The molecule has 1 heterocycles. The molecule has 2 N–H and O–H groups in total. The first-order chi connectivity index (χ1) is 11.0. The summed E-state index contributed by atoms with van der Waals surface area (Å²) in [6.07, 6.45) is 0.140. The van der Waals surface area contributed by atoms with Gasteiger partial charge in [0.15, 0.2) is 0 Å². The Morgan fingerprint density at radius 1 is 1.22 bits per heavy atom. The molecule has 0 fully saturated rings. The molecule has 2 aromatic rings. The summed E-state index contributed by atoms with van der Waals surface area (Å²) in [5.74, 6) is 0.719. The van der Waals surface area contributed by atoms with Crippen LogP contribution in [-0.4, -0.2) is 24.2 Å². The zero-order chi connectivity index (χ0) is 16.4. The molecule has 23 heavy (non-hydrogen) atoms. The highest BCUT2D eigenvalue weighted by molar-refractivity contribution is 5.94. The van der Waals surface area contributed by atoms with Gasteiger partial charge in [-0.2, -0.15) is 0 Å². The van der Waals surface area contributed by atoms with Gasteiger partial charge in [-0.3, -0.25) is 4.79 Å². The number of aliphatic hydroxyl groups is 1. The van der Waals surface area contributed by atoms with Crippen molar-refractivity contribution in [2.75, 3.05) is 13.2 Å². The molecule has 1 atom stereocenters. The van der Waals surface area contributed by atoms with Crippen LogP contribution in [0.1, 0.15) is 38.7 Å². The summed E-state index contributed by atoms with van der Waals surface area (Å²) in [5, 5.41) is 13.1. The molecule has 1 unspecified atom stereocenters. The number of nitrogens with one attached hydrogen (secondary N) is 1. The van der Waals surface area contributed by atoms with Crippen LogP contribution in [-0.2, 0) is 6.42 Å². The van der Waals surface area contributed by atoms with Crippen LogP contribution in [0.5, 0.6) is 5.75 Å². The SMILES string of the molecule is Cc1ccc(C(=O)NCC(O)c2ccc3c(c2)CCO3)cc1C. The van der Waals surface area contributed by atoms with E-state index in [0.717, 1.165) is 34.4 Å². The van der Waals surface area contributed by atoms with E-state index in [4.69, 9.17) is 4.74 Å². The third-order valence-corrected chi connectivity index (χ3v) is 4.32. The van der Waals surface area contributed by atoms with E-state index in [2.05, 4.69) is 5.32 Å². The minimum atomic E-state index is -0.726. The highest BCUT2D eigenvalue weighted by Crippen LogP contribution is 2.28. The van der Waals surface area contributed by atoms with Crippen LogP contribution in [0.2, 0.25) is 0 Å². The smallest absolute Gasteiger partial charge is 0.251 e. The Morgan fingerprint density at radius 3 is 2.83 bits per heavy atom. The number of ether oxygens (including phenoxy) is 1. The zero-order valence-corrected chi connectivity index (χ0v) is 13.4. The molecule has 1 amide bonds. The second-order valence-corrected chi connectivity index (χ2v) is 5.99. The zero-order valence-electron chi connectivity index (χ0n) is 13.4. The van der Waals surface area contributed by atoms with Crippen LogP contribution in [0.3, 0.4) is 0 Å². The van der Waals surface area contributed by atoms with E-state index in [-0.39, 0.29) is 12.5 Å². The second kappa shape index (κ2) is 6.42. The van der Waals surface area contributed by atoms with E-state index in [0.29, 0.717) is 12.2 Å². The van der Waals surface area contributed by atoms with Gasteiger partial charge in [-0.15, -0.1) is 0 Å². The average molecular weight is 311 g/mol. The number of carbonyl (C=O) groups excluding carboxylic acids is 1. The van der Waals surface area contributed by atoms with E-state index >= 15 is 0 Å². The lowest BCUT2D eigenvalue weighted by Gasteiger charge is -2.14. The van der Waals surface area contributed by atoms with Gasteiger partial charge in [0.25, 0.3) is 5.91 Å². The number of rotatable bonds is 4. The average Bonchev–Trinajstić information content (AvgIpc) is 3.02. The molecule has 4 heteroatoms. The molecule has 2 aromatic carbocycles. The number of benzene rings is 2. The van der Waals surface area contributed by atoms with Crippen molar-refractivity contribution in [3.05, 3.63) is 64.2 Å². The standard InChI is InChI=1S/C19H21NO3/c1-12-3-4-16(9-13(12)2)19(22)20-11-17(21)14-5-6-18-15(10-14)7-8-23-18/h3-6,9-10,17,21H,7-8,11H2,1-2H3,(H,20,22). The molecule has 1 aliphatic rings. The first-order valence-corrected chi connectivity index (χ1v) is 7.84. The van der Waals surface area contributed by atoms with Crippen molar-refractivity contribution in [2.24, 2.45) is 0 Å². The first-order valence-electron chi connectivity index (χ1n) is 7.84. The minimum absolute atomic E-state index is 0.170. The number of hydrogen-bond acceptors (Lipinski definition) is 3. The molecule has 0 saturated carbocycles. The van der Waals surface area contributed by atoms with Crippen LogP contribution in [0.25, 0.3) is 0 Å². The lowest BCUT2D eigenvalue weighted by atomic mass is 10.0. The fraction of sp³-hybridized carbons (Fsp3) is 0.316.